The van der Waals surface area contributed by atoms with Crippen LogP contribution in [-0.2, 0) is 65.4 Å². The normalized spacial score (nSPS) is 14.0. The van der Waals surface area contributed by atoms with E-state index in [9.17, 15) is 43.2 Å². The molecule has 3 N–H and O–H groups in total. The molecule has 0 spiro atoms. The number of ether oxygens (including phenoxy) is 4. The van der Waals surface area contributed by atoms with Crippen molar-refractivity contribution in [2.45, 2.75) is 446 Å². The number of esters is 4. The van der Waals surface area contributed by atoms with E-state index in [0.29, 0.717) is 25.7 Å². The van der Waals surface area contributed by atoms with Crippen molar-refractivity contribution >= 4 is 39.5 Å². The second-order valence-corrected chi connectivity index (χ2v) is 33.8. The molecule has 0 aromatic heterocycles. The van der Waals surface area contributed by atoms with E-state index in [1.807, 2.05) is 0 Å². The van der Waals surface area contributed by atoms with E-state index in [1.54, 1.807) is 0 Å². The molecule has 600 valence electrons. The zero-order valence-corrected chi connectivity index (χ0v) is 68.2. The van der Waals surface area contributed by atoms with Gasteiger partial charge in [-0.3, -0.25) is 37.3 Å². The monoisotopic (exact) mass is 1480 g/mol. The Morgan fingerprint density at radius 2 is 0.455 bits per heavy atom. The first-order valence-electron chi connectivity index (χ1n) is 42.3. The molecule has 0 saturated carbocycles. The Morgan fingerprint density at radius 1 is 0.267 bits per heavy atom. The molecule has 101 heavy (non-hydrogen) atoms. The molecule has 0 aliphatic carbocycles. The summed E-state index contributed by atoms with van der Waals surface area (Å²) in [6.07, 6.45) is 61.2. The highest BCUT2D eigenvalue weighted by Crippen LogP contribution is 2.45. The average molecular weight is 1480 g/mol. The van der Waals surface area contributed by atoms with Crippen LogP contribution in [-0.4, -0.2) is 96.7 Å². The lowest BCUT2D eigenvalue weighted by Crippen LogP contribution is -2.30. The predicted molar refractivity (Wildman–Crippen MR) is 414 cm³/mol. The van der Waals surface area contributed by atoms with Crippen molar-refractivity contribution in [1.82, 2.24) is 0 Å². The van der Waals surface area contributed by atoms with Crippen molar-refractivity contribution in [1.29, 1.82) is 0 Å². The molecule has 0 aromatic carbocycles. The topological polar surface area (TPSA) is 237 Å². The second kappa shape index (κ2) is 72.3. The molecule has 2 unspecified atom stereocenters. The predicted octanol–water partition coefficient (Wildman–Crippen LogP) is 24.5. The largest absolute Gasteiger partial charge is 0.472 e. The Morgan fingerprint density at radius 3 is 0.673 bits per heavy atom. The number of aliphatic hydroxyl groups excluding tert-OH is 1. The quantitative estimate of drug-likeness (QED) is 0.0222. The summed E-state index contributed by atoms with van der Waals surface area (Å²) in [7, 11) is -9.92. The molecule has 19 heteroatoms. The van der Waals surface area contributed by atoms with Crippen LogP contribution in [0, 0.1) is 17.8 Å². The summed E-state index contributed by atoms with van der Waals surface area (Å²) < 4.78 is 68.7. The Labute approximate surface area is 619 Å². The third-order valence-electron chi connectivity index (χ3n) is 19.1. The molecule has 0 bridgehead atoms. The van der Waals surface area contributed by atoms with Gasteiger partial charge in [0.2, 0.25) is 0 Å². The van der Waals surface area contributed by atoms with Crippen LogP contribution in [0.3, 0.4) is 0 Å². The van der Waals surface area contributed by atoms with E-state index in [1.165, 1.54) is 238 Å². The molecule has 0 aliphatic rings. The van der Waals surface area contributed by atoms with Gasteiger partial charge in [-0.1, -0.05) is 376 Å². The number of rotatable bonds is 80. The maximum Gasteiger partial charge on any atom is 0.472 e. The number of aliphatic hydroxyl groups is 1. The molecule has 5 atom stereocenters. The van der Waals surface area contributed by atoms with Gasteiger partial charge in [0, 0.05) is 25.7 Å². The number of carbonyl (C=O) groups excluding carboxylic acids is 4. The highest BCUT2D eigenvalue weighted by molar-refractivity contribution is 7.47. The van der Waals surface area contributed by atoms with Gasteiger partial charge >= 0.3 is 39.5 Å². The van der Waals surface area contributed by atoms with Crippen LogP contribution in [0.2, 0.25) is 0 Å². The summed E-state index contributed by atoms with van der Waals surface area (Å²) >= 11 is 0. The molecule has 0 rings (SSSR count). The minimum Gasteiger partial charge on any atom is -0.462 e. The van der Waals surface area contributed by atoms with Crippen molar-refractivity contribution in [3.63, 3.8) is 0 Å². The molecule has 17 nitrogen and oxygen atoms in total. The second-order valence-electron chi connectivity index (χ2n) is 30.9. The zero-order chi connectivity index (χ0) is 74.4. The fraction of sp³-hybridized carbons (Fsp3) is 0.951. The van der Waals surface area contributed by atoms with E-state index >= 15 is 0 Å². The maximum absolute atomic E-state index is 13.1. The van der Waals surface area contributed by atoms with E-state index < -0.39 is 97.5 Å². The van der Waals surface area contributed by atoms with E-state index in [0.717, 1.165) is 108 Å². The van der Waals surface area contributed by atoms with Gasteiger partial charge in [-0.05, 0) is 43.4 Å². The van der Waals surface area contributed by atoms with E-state index in [-0.39, 0.29) is 25.7 Å². The van der Waals surface area contributed by atoms with Crippen molar-refractivity contribution in [2.24, 2.45) is 17.8 Å². The Bertz CT molecular complexity index is 1960. The highest BCUT2D eigenvalue weighted by atomic mass is 31.2. The van der Waals surface area contributed by atoms with Crippen LogP contribution in [0.15, 0.2) is 0 Å². The molecule has 0 aromatic rings. The molecular formula is C82H160O17P2. The summed E-state index contributed by atoms with van der Waals surface area (Å²) in [6.45, 7) is 11.9. The third kappa shape index (κ3) is 76.1. The summed E-state index contributed by atoms with van der Waals surface area (Å²) in [5.41, 5.74) is 0. The lowest BCUT2D eigenvalue weighted by molar-refractivity contribution is -0.161. The molecule has 0 amide bonds. The van der Waals surface area contributed by atoms with Crippen molar-refractivity contribution in [3.8, 4) is 0 Å². The van der Waals surface area contributed by atoms with Gasteiger partial charge in [0.1, 0.15) is 19.3 Å². The van der Waals surface area contributed by atoms with Gasteiger partial charge < -0.3 is 33.8 Å². The van der Waals surface area contributed by atoms with Crippen LogP contribution in [0.1, 0.15) is 427 Å². The maximum atomic E-state index is 13.1. The van der Waals surface area contributed by atoms with Crippen LogP contribution in [0.4, 0.5) is 0 Å². The van der Waals surface area contributed by atoms with Gasteiger partial charge in [-0.15, -0.1) is 0 Å². The fourth-order valence-corrected chi connectivity index (χ4v) is 14.2. The molecule has 0 aliphatic heterocycles. The van der Waals surface area contributed by atoms with Crippen LogP contribution < -0.4 is 0 Å². The minimum absolute atomic E-state index is 0.105. The third-order valence-corrected chi connectivity index (χ3v) is 21.0. The lowest BCUT2D eigenvalue weighted by Gasteiger charge is -2.21. The average Bonchev–Trinajstić information content (AvgIpc) is 2.52. The number of unbranched alkanes of at least 4 members (excludes halogenated alkanes) is 48. The van der Waals surface area contributed by atoms with Gasteiger partial charge in [0.05, 0.1) is 26.4 Å². The van der Waals surface area contributed by atoms with Gasteiger partial charge in [0.25, 0.3) is 0 Å². The van der Waals surface area contributed by atoms with Crippen LogP contribution >= 0.6 is 15.6 Å². The van der Waals surface area contributed by atoms with Gasteiger partial charge in [-0.25, -0.2) is 9.13 Å². The number of phosphoric ester groups is 2. The number of carbonyl (C=O) groups is 4. The standard InChI is InChI=1S/C82H160O17P2/c1-8-9-10-11-12-13-14-15-16-17-18-19-20-21-22-25-29-36-44-51-58-65-81(86)98-77(69-92-79(84)63-56-49-42-35-28-26-23-24-27-32-39-46-53-60-73(2)3)71-96-100(88,89)94-67-76(83)68-95-101(90,91)97-72-78(99-82(87)66-59-52-45-38-31-34-41-48-55-62-75(6)7)70-93-80(85)64-57-50-43-37-30-33-40-47-54-61-74(4)5/h73-78,83H,8-72H2,1-7H3,(H,88,89)(H,90,91)/t76-,77-,78-/m1/s1. The Balaban J connectivity index is 5.23. The summed E-state index contributed by atoms with van der Waals surface area (Å²) in [6, 6.07) is 0. The van der Waals surface area contributed by atoms with Gasteiger partial charge in [-0.2, -0.15) is 0 Å². The molecule has 0 fully saturated rings. The lowest BCUT2D eigenvalue weighted by atomic mass is 10.0. The van der Waals surface area contributed by atoms with Crippen molar-refractivity contribution in [2.75, 3.05) is 39.6 Å². The van der Waals surface area contributed by atoms with Gasteiger partial charge in [0.15, 0.2) is 12.2 Å². The fourth-order valence-electron chi connectivity index (χ4n) is 12.7. The SMILES string of the molecule is CCCCCCCCCCCCCCCCCCCCCCCC(=O)O[C@H](COC(=O)CCCCCCCCCCCCCCCC(C)C)COP(=O)(O)OC[C@@H](O)COP(=O)(O)OC[C@@H](COC(=O)CCCCCCCCCCCC(C)C)OC(=O)CCCCCCCCCCCC(C)C. The smallest absolute Gasteiger partial charge is 0.462 e. The summed E-state index contributed by atoms with van der Waals surface area (Å²) in [5.74, 6) is 0.160. The molecule has 0 saturated heterocycles. The van der Waals surface area contributed by atoms with Crippen LogP contribution in [0.25, 0.3) is 0 Å². The first-order valence-corrected chi connectivity index (χ1v) is 45.3. The molecule has 0 radical (unpaired) electrons. The highest BCUT2D eigenvalue weighted by Gasteiger charge is 2.30. The molecule has 0 heterocycles. The number of hydrogen-bond acceptors (Lipinski definition) is 15. The first-order chi connectivity index (χ1) is 48.7. The number of hydrogen-bond donors (Lipinski definition) is 3. The number of phosphoric acid groups is 2. The first kappa shape index (κ1) is 99.1. The summed E-state index contributed by atoms with van der Waals surface area (Å²) in [5, 5.41) is 10.6. The van der Waals surface area contributed by atoms with Crippen LogP contribution in [0.5, 0.6) is 0 Å². The van der Waals surface area contributed by atoms with Crippen molar-refractivity contribution < 1.29 is 80.2 Å². The summed E-state index contributed by atoms with van der Waals surface area (Å²) in [4.78, 5) is 73.1. The minimum atomic E-state index is -4.96. The Hall–Kier alpha value is -1.94. The molecular weight excluding hydrogens is 1320 g/mol. The van der Waals surface area contributed by atoms with E-state index in [2.05, 4.69) is 48.5 Å². The van der Waals surface area contributed by atoms with Crippen molar-refractivity contribution in [3.05, 3.63) is 0 Å². The zero-order valence-electron chi connectivity index (χ0n) is 66.4. The van der Waals surface area contributed by atoms with E-state index in [4.69, 9.17) is 37.0 Å². The Kier molecular flexibility index (Phi) is 70.9.